The molecule has 0 saturated carbocycles. The highest BCUT2D eigenvalue weighted by Gasteiger charge is 2.17. The van der Waals surface area contributed by atoms with Gasteiger partial charge in [-0.3, -0.25) is 4.68 Å². The van der Waals surface area contributed by atoms with Crippen molar-refractivity contribution in [1.82, 2.24) is 15.1 Å². The summed E-state index contributed by atoms with van der Waals surface area (Å²) in [7, 11) is 4.01. The molecule has 0 saturated heterocycles. The van der Waals surface area contributed by atoms with Crippen LogP contribution in [0.3, 0.4) is 0 Å². The van der Waals surface area contributed by atoms with E-state index in [0.717, 1.165) is 12.3 Å². The van der Waals surface area contributed by atoms with Crippen LogP contribution >= 0.6 is 0 Å². The molecule has 1 heterocycles. The summed E-state index contributed by atoms with van der Waals surface area (Å²) in [5, 5.41) is 7.84. The number of nitrogens with one attached hydrogen (secondary N) is 1. The number of likely N-dealkylation sites (N-methyl/N-ethyl adjacent to an activating group) is 1. The van der Waals surface area contributed by atoms with Gasteiger partial charge in [0.2, 0.25) is 0 Å². The van der Waals surface area contributed by atoms with Crippen molar-refractivity contribution in [2.24, 2.45) is 13.0 Å². The van der Waals surface area contributed by atoms with Crippen LogP contribution in [-0.2, 0) is 13.5 Å². The number of hydrogen-bond donors (Lipinski definition) is 1. The molecule has 0 aliphatic heterocycles. The van der Waals surface area contributed by atoms with E-state index in [2.05, 4.69) is 30.3 Å². The first kappa shape index (κ1) is 12.2. The molecule has 0 amide bonds. The molecule has 1 aromatic rings. The summed E-state index contributed by atoms with van der Waals surface area (Å²) in [5.74, 6) is 0.747. The van der Waals surface area contributed by atoms with Crippen LogP contribution in [0.15, 0.2) is 12.3 Å². The molecule has 3 nitrogen and oxygen atoms in total. The second-order valence-electron chi connectivity index (χ2n) is 4.16. The standard InChI is InChI=1S/C12H23N3/c1-5-10(6-2)12(13-3)9-11-7-8-15(4)14-11/h7-8,10,12-13H,5-6,9H2,1-4H3. The maximum Gasteiger partial charge on any atom is 0.0640 e. The molecule has 3 heteroatoms. The Kier molecular flexibility index (Phi) is 4.82. The van der Waals surface area contributed by atoms with Crippen LogP contribution in [0, 0.1) is 5.92 Å². The van der Waals surface area contributed by atoms with Gasteiger partial charge in [-0.25, -0.2) is 0 Å². The van der Waals surface area contributed by atoms with Crippen molar-refractivity contribution >= 4 is 0 Å². The van der Waals surface area contributed by atoms with Gasteiger partial charge in [-0.1, -0.05) is 26.7 Å². The lowest BCUT2D eigenvalue weighted by molar-refractivity contribution is 0.346. The van der Waals surface area contributed by atoms with E-state index in [0.29, 0.717) is 6.04 Å². The summed E-state index contributed by atoms with van der Waals surface area (Å²) in [6.07, 6.45) is 5.50. The summed E-state index contributed by atoms with van der Waals surface area (Å²) < 4.78 is 1.87. The first-order valence-corrected chi connectivity index (χ1v) is 5.87. The molecule has 1 unspecified atom stereocenters. The Hall–Kier alpha value is -0.830. The number of rotatable bonds is 6. The zero-order chi connectivity index (χ0) is 11.3. The van der Waals surface area contributed by atoms with Crippen LogP contribution in [0.4, 0.5) is 0 Å². The Morgan fingerprint density at radius 3 is 2.47 bits per heavy atom. The second-order valence-corrected chi connectivity index (χ2v) is 4.16. The minimum absolute atomic E-state index is 0.551. The van der Waals surface area contributed by atoms with Crippen molar-refractivity contribution < 1.29 is 0 Å². The Morgan fingerprint density at radius 2 is 2.07 bits per heavy atom. The monoisotopic (exact) mass is 209 g/mol. The lowest BCUT2D eigenvalue weighted by Crippen LogP contribution is -2.35. The fourth-order valence-electron chi connectivity index (χ4n) is 2.16. The van der Waals surface area contributed by atoms with E-state index in [9.17, 15) is 0 Å². The second kappa shape index (κ2) is 5.91. The summed E-state index contributed by atoms with van der Waals surface area (Å²) in [4.78, 5) is 0. The minimum Gasteiger partial charge on any atom is -0.316 e. The number of aromatic nitrogens is 2. The highest BCUT2D eigenvalue weighted by molar-refractivity contribution is 5.02. The molecule has 0 bridgehead atoms. The molecule has 86 valence electrons. The maximum absolute atomic E-state index is 4.43. The van der Waals surface area contributed by atoms with Gasteiger partial charge in [-0.15, -0.1) is 0 Å². The highest BCUT2D eigenvalue weighted by Crippen LogP contribution is 2.16. The van der Waals surface area contributed by atoms with E-state index in [1.165, 1.54) is 18.5 Å². The fourth-order valence-corrected chi connectivity index (χ4v) is 2.16. The zero-order valence-electron chi connectivity index (χ0n) is 10.3. The largest absolute Gasteiger partial charge is 0.316 e. The predicted molar refractivity (Wildman–Crippen MR) is 63.8 cm³/mol. The Bertz CT molecular complexity index is 276. The van der Waals surface area contributed by atoms with Crippen LogP contribution in [-0.4, -0.2) is 22.9 Å². The summed E-state index contributed by atoms with van der Waals surface area (Å²) in [5.41, 5.74) is 1.18. The minimum atomic E-state index is 0.551. The Labute approximate surface area is 92.9 Å². The van der Waals surface area contributed by atoms with Crippen molar-refractivity contribution in [2.75, 3.05) is 7.05 Å². The number of nitrogens with zero attached hydrogens (tertiary/aromatic N) is 2. The van der Waals surface area contributed by atoms with Crippen LogP contribution < -0.4 is 5.32 Å². The van der Waals surface area contributed by atoms with Gasteiger partial charge in [0, 0.05) is 25.7 Å². The third-order valence-corrected chi connectivity index (χ3v) is 3.19. The SMILES string of the molecule is CCC(CC)C(Cc1ccn(C)n1)NC. The average molecular weight is 209 g/mol. The molecule has 0 spiro atoms. The maximum atomic E-state index is 4.43. The Balaban J connectivity index is 2.60. The van der Waals surface area contributed by atoms with Crippen molar-refractivity contribution in [3.8, 4) is 0 Å². The molecule has 1 N–H and O–H groups in total. The van der Waals surface area contributed by atoms with Crippen molar-refractivity contribution in [2.45, 2.75) is 39.2 Å². The molecule has 1 atom stereocenters. The molecule has 0 aromatic carbocycles. The third kappa shape index (κ3) is 3.34. The van der Waals surface area contributed by atoms with Gasteiger partial charge in [0.15, 0.2) is 0 Å². The molecule has 0 fully saturated rings. The quantitative estimate of drug-likeness (QED) is 0.776. The van der Waals surface area contributed by atoms with Crippen LogP contribution in [0.1, 0.15) is 32.4 Å². The molecular weight excluding hydrogens is 186 g/mol. The lowest BCUT2D eigenvalue weighted by atomic mass is 9.91. The van der Waals surface area contributed by atoms with E-state index in [4.69, 9.17) is 0 Å². The van der Waals surface area contributed by atoms with Gasteiger partial charge in [0.05, 0.1) is 5.69 Å². The fraction of sp³-hybridized carbons (Fsp3) is 0.750. The van der Waals surface area contributed by atoms with Gasteiger partial charge >= 0.3 is 0 Å². The summed E-state index contributed by atoms with van der Waals surface area (Å²) in [6, 6.07) is 2.65. The summed E-state index contributed by atoms with van der Waals surface area (Å²) in [6.45, 7) is 4.52. The van der Waals surface area contributed by atoms with E-state index < -0.39 is 0 Å². The number of aryl methyl sites for hydroxylation is 1. The van der Waals surface area contributed by atoms with Gasteiger partial charge in [-0.05, 0) is 19.0 Å². The molecule has 0 radical (unpaired) electrons. The van der Waals surface area contributed by atoms with Crippen LogP contribution in [0.25, 0.3) is 0 Å². The van der Waals surface area contributed by atoms with Gasteiger partial charge < -0.3 is 5.32 Å². The predicted octanol–water partition coefficient (Wildman–Crippen LogP) is 1.99. The average Bonchev–Trinajstić information content (AvgIpc) is 2.64. The molecule has 1 rings (SSSR count). The first-order valence-electron chi connectivity index (χ1n) is 5.87. The van der Waals surface area contributed by atoms with E-state index >= 15 is 0 Å². The van der Waals surface area contributed by atoms with E-state index in [1.54, 1.807) is 0 Å². The van der Waals surface area contributed by atoms with Crippen molar-refractivity contribution in [3.05, 3.63) is 18.0 Å². The van der Waals surface area contributed by atoms with E-state index in [-0.39, 0.29) is 0 Å². The molecule has 1 aromatic heterocycles. The normalized spacial score (nSPS) is 13.4. The topological polar surface area (TPSA) is 29.9 Å². The lowest BCUT2D eigenvalue weighted by Gasteiger charge is -2.24. The van der Waals surface area contributed by atoms with Crippen molar-refractivity contribution in [3.63, 3.8) is 0 Å². The van der Waals surface area contributed by atoms with Gasteiger partial charge in [0.25, 0.3) is 0 Å². The molecule has 0 aliphatic carbocycles. The smallest absolute Gasteiger partial charge is 0.0640 e. The molecule has 15 heavy (non-hydrogen) atoms. The van der Waals surface area contributed by atoms with Gasteiger partial charge in [0.1, 0.15) is 0 Å². The zero-order valence-corrected chi connectivity index (χ0v) is 10.3. The van der Waals surface area contributed by atoms with Gasteiger partial charge in [-0.2, -0.15) is 5.10 Å². The third-order valence-electron chi connectivity index (χ3n) is 3.19. The van der Waals surface area contributed by atoms with Crippen LogP contribution in [0.2, 0.25) is 0 Å². The Morgan fingerprint density at radius 1 is 1.40 bits per heavy atom. The van der Waals surface area contributed by atoms with Crippen molar-refractivity contribution in [1.29, 1.82) is 0 Å². The summed E-state index contributed by atoms with van der Waals surface area (Å²) >= 11 is 0. The molecule has 0 aliphatic rings. The van der Waals surface area contributed by atoms with E-state index in [1.807, 2.05) is 25.0 Å². The first-order chi connectivity index (χ1) is 7.21. The highest BCUT2D eigenvalue weighted by atomic mass is 15.2. The molecular formula is C12H23N3. The van der Waals surface area contributed by atoms with Crippen LogP contribution in [0.5, 0.6) is 0 Å². The number of hydrogen-bond acceptors (Lipinski definition) is 2.